The topological polar surface area (TPSA) is 30.0 Å². The molecule has 0 unspecified atom stereocenters. The highest BCUT2D eigenvalue weighted by atomic mass is 79.9. The Morgan fingerprint density at radius 1 is 1.19 bits per heavy atom. The van der Waals surface area contributed by atoms with Gasteiger partial charge in [0.2, 0.25) is 0 Å². The van der Waals surface area contributed by atoms with Gasteiger partial charge in [-0.3, -0.25) is 9.78 Å². The molecule has 7 heteroatoms. The molecule has 1 aromatic carbocycles. The maximum absolute atomic E-state index is 13.1. The molecule has 0 amide bonds. The Labute approximate surface area is 125 Å². The van der Waals surface area contributed by atoms with E-state index in [4.69, 9.17) is 0 Å². The second kappa shape index (κ2) is 5.93. The second-order valence-corrected chi connectivity index (χ2v) is 5.13. The van der Waals surface area contributed by atoms with E-state index in [0.29, 0.717) is 11.8 Å². The molecule has 0 radical (unpaired) electrons. The van der Waals surface area contributed by atoms with Crippen molar-refractivity contribution in [2.24, 2.45) is 0 Å². The Morgan fingerprint density at radius 3 is 2.43 bits per heavy atom. The summed E-state index contributed by atoms with van der Waals surface area (Å²) in [5.74, 6) is -0.902. The molecule has 0 saturated carbocycles. The molecule has 0 spiro atoms. The molecule has 21 heavy (non-hydrogen) atoms. The first-order chi connectivity index (χ1) is 9.77. The SMILES string of the molecule is O=C(Cc1ccc(F)c(Br)c1)c1ccc(C(F)(F)F)cn1. The smallest absolute Gasteiger partial charge is 0.292 e. The summed E-state index contributed by atoms with van der Waals surface area (Å²) < 4.78 is 50.4. The van der Waals surface area contributed by atoms with E-state index in [1.807, 2.05) is 0 Å². The molecule has 1 aromatic heterocycles. The third kappa shape index (κ3) is 3.87. The van der Waals surface area contributed by atoms with Crippen LogP contribution in [-0.2, 0) is 12.6 Å². The van der Waals surface area contributed by atoms with Gasteiger partial charge in [0.05, 0.1) is 10.0 Å². The minimum atomic E-state index is -4.49. The highest BCUT2D eigenvalue weighted by Crippen LogP contribution is 2.28. The molecule has 0 aliphatic rings. The standard InChI is InChI=1S/C14H8BrF4NO/c15-10-5-8(1-3-11(10)16)6-13(21)12-4-2-9(7-20-12)14(17,18)19/h1-5,7H,6H2. The van der Waals surface area contributed by atoms with Crippen molar-refractivity contribution in [3.05, 3.63) is 63.6 Å². The number of halogens is 5. The monoisotopic (exact) mass is 361 g/mol. The van der Waals surface area contributed by atoms with Crippen LogP contribution in [0, 0.1) is 5.82 Å². The molecule has 2 nitrogen and oxygen atoms in total. The van der Waals surface area contributed by atoms with Gasteiger partial charge >= 0.3 is 6.18 Å². The van der Waals surface area contributed by atoms with Crippen molar-refractivity contribution in [2.75, 3.05) is 0 Å². The van der Waals surface area contributed by atoms with Crippen molar-refractivity contribution in [3.8, 4) is 0 Å². The molecule has 0 N–H and O–H groups in total. The van der Waals surface area contributed by atoms with E-state index >= 15 is 0 Å². The summed E-state index contributed by atoms with van der Waals surface area (Å²) in [5.41, 5.74) is -0.443. The predicted molar refractivity (Wildman–Crippen MR) is 71.4 cm³/mol. The molecule has 0 bridgehead atoms. The number of benzene rings is 1. The fourth-order valence-electron chi connectivity index (χ4n) is 1.65. The highest BCUT2D eigenvalue weighted by molar-refractivity contribution is 9.10. The first kappa shape index (κ1) is 15.6. The summed E-state index contributed by atoms with van der Waals surface area (Å²) in [7, 11) is 0. The number of carbonyl (C=O) groups is 1. The van der Waals surface area contributed by atoms with Crippen LogP contribution in [0.3, 0.4) is 0 Å². The van der Waals surface area contributed by atoms with Gasteiger partial charge in [-0.15, -0.1) is 0 Å². The van der Waals surface area contributed by atoms with Crippen LogP contribution in [0.5, 0.6) is 0 Å². The lowest BCUT2D eigenvalue weighted by Crippen LogP contribution is -2.09. The average Bonchev–Trinajstić information content (AvgIpc) is 2.42. The maximum atomic E-state index is 13.1. The minimum Gasteiger partial charge on any atom is -0.292 e. The van der Waals surface area contributed by atoms with Crippen LogP contribution in [0.15, 0.2) is 41.0 Å². The molecule has 0 aliphatic carbocycles. The van der Waals surface area contributed by atoms with Gasteiger partial charge in [-0.1, -0.05) is 6.07 Å². The number of carbonyl (C=O) groups excluding carboxylic acids is 1. The van der Waals surface area contributed by atoms with Crippen LogP contribution in [-0.4, -0.2) is 10.8 Å². The Balaban J connectivity index is 2.15. The summed E-state index contributed by atoms with van der Waals surface area (Å²) in [5, 5.41) is 0. The fourth-order valence-corrected chi connectivity index (χ4v) is 2.08. The van der Waals surface area contributed by atoms with Gasteiger partial charge in [0.15, 0.2) is 5.78 Å². The van der Waals surface area contributed by atoms with Gasteiger partial charge in [0.1, 0.15) is 11.5 Å². The minimum absolute atomic E-state index is 0.0663. The molecule has 0 atom stereocenters. The third-order valence-corrected chi connectivity index (χ3v) is 3.33. The quantitative estimate of drug-likeness (QED) is 0.598. The van der Waals surface area contributed by atoms with Crippen molar-refractivity contribution < 1.29 is 22.4 Å². The third-order valence-electron chi connectivity index (χ3n) is 2.73. The van der Waals surface area contributed by atoms with Crippen LogP contribution < -0.4 is 0 Å². The van der Waals surface area contributed by atoms with Crippen molar-refractivity contribution in [1.29, 1.82) is 0 Å². The Hall–Kier alpha value is -1.76. The highest BCUT2D eigenvalue weighted by Gasteiger charge is 2.30. The van der Waals surface area contributed by atoms with E-state index in [1.165, 1.54) is 18.2 Å². The number of ketones is 1. The van der Waals surface area contributed by atoms with Crippen molar-refractivity contribution in [1.82, 2.24) is 4.98 Å². The summed E-state index contributed by atoms with van der Waals surface area (Å²) in [6.45, 7) is 0. The number of alkyl halides is 3. The van der Waals surface area contributed by atoms with E-state index in [1.54, 1.807) is 0 Å². The lowest BCUT2D eigenvalue weighted by molar-refractivity contribution is -0.137. The lowest BCUT2D eigenvalue weighted by atomic mass is 10.1. The predicted octanol–water partition coefficient (Wildman–Crippen LogP) is 4.43. The lowest BCUT2D eigenvalue weighted by Gasteiger charge is -2.06. The number of rotatable bonds is 3. The number of hydrogen-bond donors (Lipinski definition) is 0. The molecule has 0 aliphatic heterocycles. The summed E-state index contributed by atoms with van der Waals surface area (Å²) in [6.07, 6.45) is -3.94. The van der Waals surface area contributed by atoms with Gasteiger partial charge in [-0.25, -0.2) is 4.39 Å². The second-order valence-electron chi connectivity index (χ2n) is 4.28. The number of hydrogen-bond acceptors (Lipinski definition) is 2. The zero-order chi connectivity index (χ0) is 15.6. The van der Waals surface area contributed by atoms with Crippen molar-refractivity contribution in [3.63, 3.8) is 0 Å². The Morgan fingerprint density at radius 2 is 1.90 bits per heavy atom. The molecule has 0 saturated heterocycles. The van der Waals surface area contributed by atoms with Crippen molar-refractivity contribution >= 4 is 21.7 Å². The zero-order valence-corrected chi connectivity index (χ0v) is 12.0. The molecular weight excluding hydrogens is 354 g/mol. The molecule has 2 aromatic rings. The van der Waals surface area contributed by atoms with Crippen LogP contribution >= 0.6 is 15.9 Å². The van der Waals surface area contributed by atoms with E-state index in [2.05, 4.69) is 20.9 Å². The summed E-state index contributed by atoms with van der Waals surface area (Å²) in [4.78, 5) is 15.4. The summed E-state index contributed by atoms with van der Waals surface area (Å²) >= 11 is 3.00. The maximum Gasteiger partial charge on any atom is 0.417 e. The van der Waals surface area contributed by atoms with E-state index < -0.39 is 23.3 Å². The van der Waals surface area contributed by atoms with Crippen molar-refractivity contribution in [2.45, 2.75) is 12.6 Å². The van der Waals surface area contributed by atoms with Gasteiger partial charge in [0.25, 0.3) is 0 Å². The van der Waals surface area contributed by atoms with E-state index in [-0.39, 0.29) is 16.6 Å². The normalized spacial score (nSPS) is 11.5. The van der Waals surface area contributed by atoms with E-state index in [0.717, 1.165) is 12.1 Å². The van der Waals surface area contributed by atoms with E-state index in [9.17, 15) is 22.4 Å². The van der Waals surface area contributed by atoms with Crippen LogP contribution in [0.2, 0.25) is 0 Å². The average molecular weight is 362 g/mol. The first-order valence-electron chi connectivity index (χ1n) is 5.78. The Kier molecular flexibility index (Phi) is 4.41. The number of pyridine rings is 1. The molecule has 110 valence electrons. The van der Waals surface area contributed by atoms with Gasteiger partial charge in [-0.05, 0) is 45.8 Å². The largest absolute Gasteiger partial charge is 0.417 e. The summed E-state index contributed by atoms with van der Waals surface area (Å²) in [6, 6.07) is 5.91. The number of Topliss-reactive ketones (excluding diaryl/α,β-unsaturated/α-hetero) is 1. The Bertz CT molecular complexity index is 668. The molecule has 1 heterocycles. The number of nitrogens with zero attached hydrogens (tertiary/aromatic N) is 1. The number of aromatic nitrogens is 1. The van der Waals surface area contributed by atoms with Crippen LogP contribution in [0.1, 0.15) is 21.6 Å². The molecular formula is C14H8BrF4NO. The van der Waals surface area contributed by atoms with Crippen LogP contribution in [0.25, 0.3) is 0 Å². The zero-order valence-electron chi connectivity index (χ0n) is 10.4. The molecule has 0 fully saturated rings. The fraction of sp³-hybridized carbons (Fsp3) is 0.143. The van der Waals surface area contributed by atoms with Gasteiger partial charge in [0, 0.05) is 12.6 Å². The van der Waals surface area contributed by atoms with Gasteiger partial charge < -0.3 is 0 Å². The van der Waals surface area contributed by atoms with Crippen LogP contribution in [0.4, 0.5) is 17.6 Å². The molecule has 2 rings (SSSR count). The first-order valence-corrected chi connectivity index (χ1v) is 6.57. The van der Waals surface area contributed by atoms with Gasteiger partial charge in [-0.2, -0.15) is 13.2 Å².